The topological polar surface area (TPSA) is 436 Å². The first kappa shape index (κ1) is 48.5. The first-order valence-corrected chi connectivity index (χ1v) is 18.6. The van der Waals surface area contributed by atoms with Gasteiger partial charge in [-0.1, -0.05) is 0 Å². The van der Waals surface area contributed by atoms with Crippen LogP contribution in [0.15, 0.2) is 0 Å². The van der Waals surface area contributed by atoms with Crippen LogP contribution in [-0.2, 0) is 47.4 Å². The Labute approximate surface area is 333 Å². The first-order chi connectivity index (χ1) is 27.9. The quantitative estimate of drug-likeness (QED) is 0.0770. The van der Waals surface area contributed by atoms with E-state index in [1.165, 1.54) is 0 Å². The number of nitrogens with one attached hydrogen (secondary N) is 1. The largest absolute Gasteiger partial charge is 0.394 e. The second kappa shape index (κ2) is 20.8. The van der Waals surface area contributed by atoms with E-state index in [0.29, 0.717) is 0 Å². The van der Waals surface area contributed by atoms with E-state index in [4.69, 9.17) is 42.6 Å². The molecule has 27 nitrogen and oxygen atoms in total. The van der Waals surface area contributed by atoms with Crippen LogP contribution in [0.4, 0.5) is 0 Å². The zero-order chi connectivity index (χ0) is 43.6. The SMILES string of the molecule is CC(=O)N[C@@H]1[C@@H](O)[C@H](O[C@@H]2O[C@H](CO)[C@H](O)[C@H](O)[C@H]2O)[C@@H](CO[C@@H]2O[C@H](CO)[C@H](O)[C@H](O)[C@H]2O[C@@H]2O[C@H](CO)[C@H](O)[C@H](O)[C@H]2O[C@@H]2O[C@H](CO)[C@H](O)[C@H](O)[C@H]2O)O[C@H]1O. The fourth-order valence-electron chi connectivity index (χ4n) is 7.29. The summed E-state index contributed by atoms with van der Waals surface area (Å²) in [6.45, 7) is -3.40. The van der Waals surface area contributed by atoms with Crippen LogP contribution < -0.4 is 5.32 Å². The Balaban J connectivity index is 1.41. The molecule has 1 amide bonds. The summed E-state index contributed by atoms with van der Waals surface area (Å²) in [7, 11) is 0. The zero-order valence-corrected chi connectivity index (χ0v) is 31.2. The van der Waals surface area contributed by atoms with Crippen molar-refractivity contribution in [1.29, 1.82) is 0 Å². The van der Waals surface area contributed by atoms with Crippen molar-refractivity contribution in [3.63, 3.8) is 0 Å². The first-order valence-electron chi connectivity index (χ1n) is 18.6. The number of aliphatic hydroxyl groups excluding tert-OH is 16. The van der Waals surface area contributed by atoms with Crippen LogP contribution in [0.5, 0.6) is 0 Å². The van der Waals surface area contributed by atoms with E-state index < -0.39 is 192 Å². The Morgan fingerprint density at radius 1 is 0.441 bits per heavy atom. The lowest BCUT2D eigenvalue weighted by Gasteiger charge is -2.49. The van der Waals surface area contributed by atoms with Crippen LogP contribution >= 0.6 is 0 Å². The van der Waals surface area contributed by atoms with Gasteiger partial charge in [0, 0.05) is 6.92 Å². The maximum atomic E-state index is 11.9. The van der Waals surface area contributed by atoms with Crippen molar-refractivity contribution in [2.24, 2.45) is 0 Å². The minimum atomic E-state index is -2.08. The predicted molar refractivity (Wildman–Crippen MR) is 178 cm³/mol. The zero-order valence-electron chi connectivity index (χ0n) is 31.2. The molecule has 27 heteroatoms. The summed E-state index contributed by atoms with van der Waals surface area (Å²) < 4.78 is 50.7. The molecular formula is C32H55NO26. The second-order valence-corrected chi connectivity index (χ2v) is 14.7. The number of aliphatic hydroxyl groups is 16. The minimum absolute atomic E-state index is 0.740. The fraction of sp³-hybridized carbons (Fsp3) is 0.969. The van der Waals surface area contributed by atoms with Gasteiger partial charge in [0.25, 0.3) is 0 Å². The molecule has 25 atom stereocenters. The molecule has 59 heavy (non-hydrogen) atoms. The van der Waals surface area contributed by atoms with Gasteiger partial charge >= 0.3 is 0 Å². The number of hydrogen-bond acceptors (Lipinski definition) is 26. The smallest absolute Gasteiger partial charge is 0.217 e. The van der Waals surface area contributed by atoms with E-state index in [9.17, 15) is 86.5 Å². The molecule has 17 N–H and O–H groups in total. The number of carbonyl (C=O) groups is 1. The molecule has 0 bridgehead atoms. The highest BCUT2D eigenvalue weighted by Gasteiger charge is 2.56. The summed E-state index contributed by atoms with van der Waals surface area (Å²) in [6, 6.07) is -1.60. The molecule has 5 aliphatic heterocycles. The van der Waals surface area contributed by atoms with E-state index in [1.54, 1.807) is 0 Å². The third-order valence-electron chi connectivity index (χ3n) is 10.7. The maximum Gasteiger partial charge on any atom is 0.217 e. The van der Waals surface area contributed by atoms with Crippen LogP contribution in [0, 0.1) is 0 Å². The third kappa shape index (κ3) is 10.3. The molecule has 0 unspecified atom stereocenters. The molecule has 5 rings (SSSR count). The number of ether oxygens (including phenoxy) is 9. The van der Waals surface area contributed by atoms with E-state index in [1.807, 2.05) is 0 Å². The van der Waals surface area contributed by atoms with Crippen molar-refractivity contribution in [2.75, 3.05) is 33.0 Å². The molecule has 5 saturated heterocycles. The molecule has 0 radical (unpaired) electrons. The van der Waals surface area contributed by atoms with Gasteiger partial charge in [-0.15, -0.1) is 0 Å². The minimum Gasteiger partial charge on any atom is -0.394 e. The average molecular weight is 870 g/mol. The lowest BCUT2D eigenvalue weighted by atomic mass is 9.95. The van der Waals surface area contributed by atoms with Gasteiger partial charge in [-0.25, -0.2) is 0 Å². The lowest BCUT2D eigenvalue weighted by Crippen LogP contribution is -2.68. The van der Waals surface area contributed by atoms with Gasteiger partial charge in [0.05, 0.1) is 33.0 Å². The normalized spacial score (nSPS) is 51.0. The molecule has 5 heterocycles. The van der Waals surface area contributed by atoms with Gasteiger partial charge in [0.15, 0.2) is 31.5 Å². The third-order valence-corrected chi connectivity index (χ3v) is 10.7. The summed E-state index contributed by atoms with van der Waals surface area (Å²) in [6.07, 6.45) is -44.8. The number of amides is 1. The van der Waals surface area contributed by atoms with Crippen LogP contribution in [0.3, 0.4) is 0 Å². The predicted octanol–water partition coefficient (Wildman–Crippen LogP) is -11.8. The highest BCUT2D eigenvalue weighted by atomic mass is 16.8. The summed E-state index contributed by atoms with van der Waals surface area (Å²) in [5.74, 6) is -0.740. The molecule has 5 fully saturated rings. The van der Waals surface area contributed by atoms with Crippen molar-refractivity contribution in [2.45, 2.75) is 160 Å². The van der Waals surface area contributed by atoms with Gasteiger partial charge in [0.2, 0.25) is 5.91 Å². The molecule has 0 aromatic carbocycles. The Morgan fingerprint density at radius 2 is 0.814 bits per heavy atom. The van der Waals surface area contributed by atoms with Gasteiger partial charge < -0.3 is 130 Å². The lowest BCUT2D eigenvalue weighted by molar-refractivity contribution is -0.396. The van der Waals surface area contributed by atoms with Crippen molar-refractivity contribution < 1.29 is 129 Å². The van der Waals surface area contributed by atoms with Crippen LogP contribution in [0.2, 0.25) is 0 Å². The van der Waals surface area contributed by atoms with Gasteiger partial charge in [0.1, 0.15) is 122 Å². The second-order valence-electron chi connectivity index (χ2n) is 14.7. The molecule has 0 saturated carbocycles. The molecule has 344 valence electrons. The van der Waals surface area contributed by atoms with E-state index in [-0.39, 0.29) is 0 Å². The van der Waals surface area contributed by atoms with E-state index >= 15 is 0 Å². The van der Waals surface area contributed by atoms with E-state index in [2.05, 4.69) is 5.32 Å². The Kier molecular flexibility index (Phi) is 17.1. The van der Waals surface area contributed by atoms with Gasteiger partial charge in [-0.05, 0) is 0 Å². The summed E-state index contributed by atoms with van der Waals surface area (Å²) in [5.41, 5.74) is 0. The summed E-state index contributed by atoms with van der Waals surface area (Å²) in [4.78, 5) is 11.9. The van der Waals surface area contributed by atoms with E-state index in [0.717, 1.165) is 6.92 Å². The highest BCUT2D eigenvalue weighted by molar-refractivity contribution is 5.73. The molecule has 5 aliphatic rings. The molecule has 0 aliphatic carbocycles. The Bertz CT molecular complexity index is 1320. The highest BCUT2D eigenvalue weighted by Crippen LogP contribution is 2.35. The maximum absolute atomic E-state index is 11.9. The van der Waals surface area contributed by atoms with Crippen LogP contribution in [0.25, 0.3) is 0 Å². The molecule has 0 spiro atoms. The van der Waals surface area contributed by atoms with Crippen molar-refractivity contribution in [3.8, 4) is 0 Å². The number of hydrogen-bond donors (Lipinski definition) is 17. The Morgan fingerprint density at radius 3 is 1.25 bits per heavy atom. The Hall–Kier alpha value is -1.53. The van der Waals surface area contributed by atoms with Crippen LogP contribution in [0.1, 0.15) is 6.92 Å². The van der Waals surface area contributed by atoms with Gasteiger partial charge in [-0.2, -0.15) is 0 Å². The summed E-state index contributed by atoms with van der Waals surface area (Å²) >= 11 is 0. The van der Waals surface area contributed by atoms with Crippen molar-refractivity contribution >= 4 is 5.91 Å². The number of rotatable bonds is 14. The number of carbonyl (C=O) groups excluding carboxylic acids is 1. The molecule has 0 aromatic rings. The average Bonchev–Trinajstić information content (AvgIpc) is 3.21. The fourth-order valence-corrected chi connectivity index (χ4v) is 7.29. The van der Waals surface area contributed by atoms with Crippen molar-refractivity contribution in [3.05, 3.63) is 0 Å². The molecular weight excluding hydrogens is 814 g/mol. The summed E-state index contributed by atoms with van der Waals surface area (Å²) in [5, 5.41) is 169. The monoisotopic (exact) mass is 869 g/mol. The van der Waals surface area contributed by atoms with Crippen molar-refractivity contribution in [1.82, 2.24) is 5.32 Å². The van der Waals surface area contributed by atoms with Crippen LogP contribution in [-0.4, -0.2) is 274 Å². The molecule has 0 aromatic heterocycles. The van der Waals surface area contributed by atoms with Gasteiger partial charge in [-0.3, -0.25) is 4.79 Å². The standard InChI is InChI=1S/C32H55NO26/c1-7(38)33-13-18(43)25(57-29-23(48)19(44)14(39)8(2-34)53-29)12(52-28(13)50)6-51-31-26(21(46)16(41)10(4-36)55-31)59-32-27(22(47)17(42)11(5-37)56-32)58-30-24(49)20(45)15(40)9(3-35)54-30/h8-32,34-37,39-50H,2-6H2,1H3,(H,33,38)/t8-,9-,10-,11-,12-,13-,14+,15+,16+,17+,18-,19+,20+,21+,22+,23-,24-,25-,26-,27-,28-,29+,30+,31-,32+/m1/s1.